The first-order valence-electron chi connectivity index (χ1n) is 4.43. The number of alkyl halides is 1. The lowest BCUT2D eigenvalue weighted by Gasteiger charge is -2.33. The van der Waals surface area contributed by atoms with Gasteiger partial charge in [-0.2, -0.15) is 0 Å². The van der Waals surface area contributed by atoms with Gasteiger partial charge in [-0.15, -0.1) is 11.6 Å². The molecule has 0 spiro atoms. The molecule has 0 aromatic heterocycles. The molecule has 66 valence electrons. The molecule has 3 atom stereocenters. The molecule has 0 amide bonds. The maximum atomic E-state index is 9.39. The minimum Gasteiger partial charge on any atom is -0.393 e. The molecule has 11 heavy (non-hydrogen) atoms. The van der Waals surface area contributed by atoms with Gasteiger partial charge in [-0.1, -0.05) is 13.8 Å². The number of halogens is 1. The van der Waals surface area contributed by atoms with Gasteiger partial charge in [0, 0.05) is 5.38 Å². The summed E-state index contributed by atoms with van der Waals surface area (Å²) in [5, 5.41) is 9.68. The van der Waals surface area contributed by atoms with Gasteiger partial charge in [-0.3, -0.25) is 0 Å². The molecule has 0 aliphatic heterocycles. The average Bonchev–Trinajstić information content (AvgIpc) is 1.94. The minimum atomic E-state index is -0.0996. The summed E-state index contributed by atoms with van der Waals surface area (Å²) >= 11 is 6.13. The quantitative estimate of drug-likeness (QED) is 0.609. The standard InChI is InChI=1S/C9H17ClO/c1-6(2)8-5-7(11)3-4-9(8)10/h6-9,11H,3-5H2,1-2H3. The van der Waals surface area contributed by atoms with Gasteiger partial charge >= 0.3 is 0 Å². The molecule has 3 unspecified atom stereocenters. The molecule has 1 rings (SSSR count). The highest BCUT2D eigenvalue weighted by atomic mass is 35.5. The molecule has 0 heterocycles. The fourth-order valence-electron chi connectivity index (χ4n) is 1.84. The van der Waals surface area contributed by atoms with E-state index in [9.17, 15) is 5.11 Å². The van der Waals surface area contributed by atoms with Crippen molar-refractivity contribution in [1.29, 1.82) is 0 Å². The molecule has 1 nitrogen and oxygen atoms in total. The van der Waals surface area contributed by atoms with Crippen LogP contribution < -0.4 is 0 Å². The molecule has 0 radical (unpaired) electrons. The minimum absolute atomic E-state index is 0.0996. The van der Waals surface area contributed by atoms with Gasteiger partial charge in [0.2, 0.25) is 0 Å². The van der Waals surface area contributed by atoms with E-state index in [4.69, 9.17) is 11.6 Å². The van der Waals surface area contributed by atoms with E-state index in [0.29, 0.717) is 17.2 Å². The van der Waals surface area contributed by atoms with Crippen molar-refractivity contribution in [2.45, 2.75) is 44.6 Å². The molecule has 1 saturated carbocycles. The third kappa shape index (κ3) is 2.34. The van der Waals surface area contributed by atoms with Crippen molar-refractivity contribution in [3.63, 3.8) is 0 Å². The van der Waals surface area contributed by atoms with E-state index in [1.54, 1.807) is 0 Å². The fourth-order valence-corrected chi connectivity index (χ4v) is 2.35. The SMILES string of the molecule is CC(C)C1CC(O)CCC1Cl. The second kappa shape index (κ2) is 3.77. The van der Waals surface area contributed by atoms with Crippen LogP contribution in [0.5, 0.6) is 0 Å². The number of aliphatic hydroxyl groups is 1. The van der Waals surface area contributed by atoms with Gasteiger partial charge in [0.1, 0.15) is 0 Å². The van der Waals surface area contributed by atoms with E-state index in [-0.39, 0.29) is 6.10 Å². The monoisotopic (exact) mass is 176 g/mol. The Balaban J connectivity index is 2.47. The number of hydrogen-bond donors (Lipinski definition) is 1. The van der Waals surface area contributed by atoms with Crippen molar-refractivity contribution in [2.75, 3.05) is 0 Å². The topological polar surface area (TPSA) is 20.2 Å². The summed E-state index contributed by atoms with van der Waals surface area (Å²) in [6.45, 7) is 4.36. The lowest BCUT2D eigenvalue weighted by atomic mass is 9.80. The maximum absolute atomic E-state index is 9.39. The van der Waals surface area contributed by atoms with Gasteiger partial charge < -0.3 is 5.11 Å². The van der Waals surface area contributed by atoms with Gasteiger partial charge in [0.15, 0.2) is 0 Å². The first kappa shape index (κ1) is 9.34. The van der Waals surface area contributed by atoms with Crippen molar-refractivity contribution in [3.05, 3.63) is 0 Å². The summed E-state index contributed by atoms with van der Waals surface area (Å²) < 4.78 is 0. The normalized spacial score (nSPS) is 39.5. The molecule has 2 heteroatoms. The van der Waals surface area contributed by atoms with Crippen LogP contribution in [-0.2, 0) is 0 Å². The van der Waals surface area contributed by atoms with Crippen molar-refractivity contribution < 1.29 is 5.11 Å². The largest absolute Gasteiger partial charge is 0.393 e. The summed E-state index contributed by atoms with van der Waals surface area (Å²) in [4.78, 5) is 0. The van der Waals surface area contributed by atoms with E-state index in [1.165, 1.54) is 0 Å². The molecule has 1 N–H and O–H groups in total. The van der Waals surface area contributed by atoms with E-state index in [0.717, 1.165) is 19.3 Å². The van der Waals surface area contributed by atoms with Crippen molar-refractivity contribution in [2.24, 2.45) is 11.8 Å². The van der Waals surface area contributed by atoms with Crippen LogP contribution in [0.2, 0.25) is 0 Å². The predicted molar refractivity (Wildman–Crippen MR) is 47.8 cm³/mol. The highest BCUT2D eigenvalue weighted by Crippen LogP contribution is 2.33. The van der Waals surface area contributed by atoms with E-state index in [2.05, 4.69) is 13.8 Å². The molecule has 0 bridgehead atoms. The molecule has 0 aromatic rings. The molecular formula is C9H17ClO. The molecule has 1 aliphatic carbocycles. The Bertz CT molecular complexity index is 125. The summed E-state index contributed by atoms with van der Waals surface area (Å²) in [5.41, 5.74) is 0. The summed E-state index contributed by atoms with van der Waals surface area (Å²) in [6, 6.07) is 0. The van der Waals surface area contributed by atoms with Crippen LogP contribution >= 0.6 is 11.6 Å². The zero-order valence-electron chi connectivity index (χ0n) is 7.26. The Hall–Kier alpha value is 0.250. The van der Waals surface area contributed by atoms with Crippen LogP contribution in [-0.4, -0.2) is 16.6 Å². The summed E-state index contributed by atoms with van der Waals surface area (Å²) in [7, 11) is 0. The lowest BCUT2D eigenvalue weighted by molar-refractivity contribution is 0.0881. The highest BCUT2D eigenvalue weighted by molar-refractivity contribution is 6.20. The third-order valence-electron chi connectivity index (χ3n) is 2.64. The number of rotatable bonds is 1. The predicted octanol–water partition coefficient (Wildman–Crippen LogP) is 2.41. The third-order valence-corrected chi connectivity index (χ3v) is 3.18. The van der Waals surface area contributed by atoms with E-state index >= 15 is 0 Å². The van der Waals surface area contributed by atoms with Crippen LogP contribution in [0.3, 0.4) is 0 Å². The Labute approximate surface area is 73.8 Å². The highest BCUT2D eigenvalue weighted by Gasteiger charge is 2.29. The van der Waals surface area contributed by atoms with Crippen LogP contribution in [0.4, 0.5) is 0 Å². The molecule has 1 fully saturated rings. The van der Waals surface area contributed by atoms with E-state index in [1.807, 2.05) is 0 Å². The van der Waals surface area contributed by atoms with Crippen LogP contribution in [0.15, 0.2) is 0 Å². The Morgan fingerprint density at radius 2 is 2.00 bits per heavy atom. The van der Waals surface area contributed by atoms with Crippen molar-refractivity contribution >= 4 is 11.6 Å². The van der Waals surface area contributed by atoms with Gasteiger partial charge in [-0.25, -0.2) is 0 Å². The fraction of sp³-hybridized carbons (Fsp3) is 1.00. The Kier molecular flexibility index (Phi) is 3.20. The number of aliphatic hydroxyl groups excluding tert-OH is 1. The number of hydrogen-bond acceptors (Lipinski definition) is 1. The van der Waals surface area contributed by atoms with Gasteiger partial charge in [-0.05, 0) is 31.1 Å². The molecule has 0 aromatic carbocycles. The van der Waals surface area contributed by atoms with Gasteiger partial charge in [0.05, 0.1) is 6.10 Å². The van der Waals surface area contributed by atoms with Crippen molar-refractivity contribution in [1.82, 2.24) is 0 Å². The zero-order chi connectivity index (χ0) is 8.43. The maximum Gasteiger partial charge on any atom is 0.0544 e. The summed E-state index contributed by atoms with van der Waals surface area (Å²) in [6.07, 6.45) is 2.66. The lowest BCUT2D eigenvalue weighted by Crippen LogP contribution is -2.31. The second-order valence-corrected chi connectivity index (χ2v) is 4.45. The molecule has 0 saturated heterocycles. The molecule has 1 aliphatic rings. The first-order chi connectivity index (χ1) is 5.11. The Morgan fingerprint density at radius 3 is 2.45 bits per heavy atom. The van der Waals surface area contributed by atoms with Crippen LogP contribution in [0, 0.1) is 11.8 Å². The molecular weight excluding hydrogens is 160 g/mol. The zero-order valence-corrected chi connectivity index (χ0v) is 8.01. The van der Waals surface area contributed by atoms with Crippen LogP contribution in [0.25, 0.3) is 0 Å². The second-order valence-electron chi connectivity index (χ2n) is 3.89. The van der Waals surface area contributed by atoms with Crippen LogP contribution in [0.1, 0.15) is 33.1 Å². The van der Waals surface area contributed by atoms with Crippen molar-refractivity contribution in [3.8, 4) is 0 Å². The smallest absolute Gasteiger partial charge is 0.0544 e. The Morgan fingerprint density at radius 1 is 1.36 bits per heavy atom. The summed E-state index contributed by atoms with van der Waals surface area (Å²) in [5.74, 6) is 1.12. The van der Waals surface area contributed by atoms with Gasteiger partial charge in [0.25, 0.3) is 0 Å². The average molecular weight is 177 g/mol. The first-order valence-corrected chi connectivity index (χ1v) is 4.87. The van der Waals surface area contributed by atoms with E-state index < -0.39 is 0 Å².